The molecule has 0 spiro atoms. The number of aromatic nitrogens is 2. The molecule has 7 nitrogen and oxygen atoms in total. The van der Waals surface area contributed by atoms with Crippen LogP contribution in [0.3, 0.4) is 0 Å². The van der Waals surface area contributed by atoms with Gasteiger partial charge >= 0.3 is 0 Å². The van der Waals surface area contributed by atoms with E-state index in [-0.39, 0.29) is 12.0 Å². The molecule has 2 aromatic carbocycles. The third-order valence-electron chi connectivity index (χ3n) is 6.33. The van der Waals surface area contributed by atoms with Crippen LogP contribution in [0, 0.1) is 5.41 Å². The van der Waals surface area contributed by atoms with Gasteiger partial charge in [0.2, 0.25) is 0 Å². The molecule has 1 aliphatic rings. The van der Waals surface area contributed by atoms with E-state index in [1.807, 2.05) is 12.5 Å². The third kappa shape index (κ3) is 6.00. The number of rotatable bonds is 9. The summed E-state index contributed by atoms with van der Waals surface area (Å²) in [5, 5.41) is 16.3. The number of hydrogen-bond donors (Lipinski definition) is 3. The topological polar surface area (TPSA) is 83.7 Å². The van der Waals surface area contributed by atoms with Crippen LogP contribution in [0.2, 0.25) is 0 Å². The number of aliphatic hydroxyl groups excluding tert-OH is 1. The molecule has 0 radical (unpaired) electrons. The quantitative estimate of drug-likeness (QED) is 0.347. The molecule has 33 heavy (non-hydrogen) atoms. The Bertz CT molecular complexity index is 1030. The SMILES string of the molecule is CN=C(NCc1ccccc1-c1ccc(Cn2ccnc2)cc1)NCC1(CCO)CCOC1. The zero-order chi connectivity index (χ0) is 22.9. The second kappa shape index (κ2) is 11.1. The summed E-state index contributed by atoms with van der Waals surface area (Å²) in [6.07, 6.45) is 7.30. The highest BCUT2D eigenvalue weighted by Gasteiger charge is 2.34. The summed E-state index contributed by atoms with van der Waals surface area (Å²) >= 11 is 0. The van der Waals surface area contributed by atoms with E-state index in [0.29, 0.717) is 13.2 Å². The standard InChI is InChI=1S/C26H33N5O2/c1-27-25(30-18-26(10-14-32)11-15-33-19-26)29-16-23-4-2-3-5-24(23)22-8-6-21(7-9-22)17-31-13-12-28-20-31/h2-9,12-13,20,32H,10-11,14-19H2,1H3,(H2,27,29,30). The van der Waals surface area contributed by atoms with E-state index in [2.05, 4.69) is 73.7 Å². The lowest BCUT2D eigenvalue weighted by Crippen LogP contribution is -2.44. The second-order valence-electron chi connectivity index (χ2n) is 8.64. The number of nitrogens with zero attached hydrogens (tertiary/aromatic N) is 3. The average molecular weight is 448 g/mol. The van der Waals surface area contributed by atoms with Gasteiger partial charge in [0.1, 0.15) is 0 Å². The maximum atomic E-state index is 9.45. The van der Waals surface area contributed by atoms with Gasteiger partial charge in [-0.2, -0.15) is 0 Å². The number of aliphatic imine (C=N–C) groups is 1. The fourth-order valence-corrected chi connectivity index (χ4v) is 4.32. The van der Waals surface area contributed by atoms with E-state index >= 15 is 0 Å². The minimum atomic E-state index is -0.0251. The lowest BCUT2D eigenvalue weighted by Gasteiger charge is -2.27. The van der Waals surface area contributed by atoms with Gasteiger partial charge < -0.3 is 25.0 Å². The van der Waals surface area contributed by atoms with Gasteiger partial charge in [-0.05, 0) is 35.1 Å². The van der Waals surface area contributed by atoms with Crippen LogP contribution in [0.25, 0.3) is 11.1 Å². The molecule has 1 aliphatic heterocycles. The molecule has 174 valence electrons. The first-order chi connectivity index (χ1) is 16.2. The Morgan fingerprint density at radius 3 is 2.73 bits per heavy atom. The summed E-state index contributed by atoms with van der Waals surface area (Å²) in [5.41, 5.74) is 4.81. The van der Waals surface area contributed by atoms with Crippen molar-refractivity contribution < 1.29 is 9.84 Å². The van der Waals surface area contributed by atoms with Gasteiger partial charge in [-0.1, -0.05) is 48.5 Å². The molecule has 4 rings (SSSR count). The Morgan fingerprint density at radius 2 is 2.03 bits per heavy atom. The number of benzene rings is 2. The van der Waals surface area contributed by atoms with Crippen LogP contribution >= 0.6 is 0 Å². The Morgan fingerprint density at radius 1 is 1.18 bits per heavy atom. The molecule has 1 atom stereocenters. The van der Waals surface area contributed by atoms with Crippen molar-refractivity contribution in [3.05, 3.63) is 78.4 Å². The van der Waals surface area contributed by atoms with E-state index in [1.54, 1.807) is 13.2 Å². The van der Waals surface area contributed by atoms with Crippen LogP contribution in [0.15, 0.2) is 72.2 Å². The lowest BCUT2D eigenvalue weighted by molar-refractivity contribution is 0.127. The molecule has 1 saturated heterocycles. The van der Waals surface area contributed by atoms with Crippen molar-refractivity contribution in [1.82, 2.24) is 20.2 Å². The Balaban J connectivity index is 1.39. The summed E-state index contributed by atoms with van der Waals surface area (Å²) in [4.78, 5) is 8.50. The molecule has 7 heteroatoms. The molecular weight excluding hydrogens is 414 g/mol. The molecule has 0 saturated carbocycles. The number of hydrogen-bond acceptors (Lipinski definition) is 4. The van der Waals surface area contributed by atoms with Crippen LogP contribution in [0.4, 0.5) is 0 Å². The zero-order valence-corrected chi connectivity index (χ0v) is 19.2. The number of ether oxygens (including phenoxy) is 1. The molecule has 0 aliphatic carbocycles. The smallest absolute Gasteiger partial charge is 0.191 e. The van der Waals surface area contributed by atoms with Gasteiger partial charge in [-0.15, -0.1) is 0 Å². The molecule has 3 aromatic rings. The van der Waals surface area contributed by atoms with Crippen molar-refractivity contribution in [2.45, 2.75) is 25.9 Å². The molecule has 0 amide bonds. The first-order valence-electron chi connectivity index (χ1n) is 11.5. The van der Waals surface area contributed by atoms with Crippen LogP contribution in [0.5, 0.6) is 0 Å². The van der Waals surface area contributed by atoms with Gasteiger partial charge in [0, 0.05) is 57.7 Å². The third-order valence-corrected chi connectivity index (χ3v) is 6.33. The van der Waals surface area contributed by atoms with Gasteiger partial charge in [-0.3, -0.25) is 4.99 Å². The maximum absolute atomic E-state index is 9.45. The molecule has 3 N–H and O–H groups in total. The molecule has 2 heterocycles. The van der Waals surface area contributed by atoms with Crippen molar-refractivity contribution in [3.63, 3.8) is 0 Å². The summed E-state index contributed by atoms with van der Waals surface area (Å²) in [7, 11) is 1.78. The van der Waals surface area contributed by atoms with Gasteiger partial charge in [0.25, 0.3) is 0 Å². The number of imidazole rings is 1. The Kier molecular flexibility index (Phi) is 7.75. The largest absolute Gasteiger partial charge is 0.396 e. The lowest BCUT2D eigenvalue weighted by atomic mass is 9.84. The monoisotopic (exact) mass is 447 g/mol. The van der Waals surface area contributed by atoms with E-state index < -0.39 is 0 Å². The van der Waals surface area contributed by atoms with Gasteiger partial charge in [-0.25, -0.2) is 4.98 Å². The summed E-state index contributed by atoms with van der Waals surface area (Å²) in [6, 6.07) is 17.1. The first kappa shape index (κ1) is 23.0. The molecule has 1 unspecified atom stereocenters. The minimum Gasteiger partial charge on any atom is -0.396 e. The van der Waals surface area contributed by atoms with Crippen LogP contribution in [-0.2, 0) is 17.8 Å². The summed E-state index contributed by atoms with van der Waals surface area (Å²) < 4.78 is 7.66. The van der Waals surface area contributed by atoms with Crippen molar-refractivity contribution in [2.24, 2.45) is 10.4 Å². The van der Waals surface area contributed by atoms with Gasteiger partial charge in [0.05, 0.1) is 12.9 Å². The van der Waals surface area contributed by atoms with E-state index in [9.17, 15) is 5.11 Å². The van der Waals surface area contributed by atoms with E-state index in [1.165, 1.54) is 22.3 Å². The van der Waals surface area contributed by atoms with Crippen molar-refractivity contribution in [1.29, 1.82) is 0 Å². The highest BCUT2D eigenvalue weighted by atomic mass is 16.5. The molecular formula is C26H33N5O2. The second-order valence-corrected chi connectivity index (χ2v) is 8.64. The molecule has 0 bridgehead atoms. The number of guanidine groups is 1. The maximum Gasteiger partial charge on any atom is 0.191 e. The fraction of sp³-hybridized carbons (Fsp3) is 0.385. The average Bonchev–Trinajstić information content (AvgIpc) is 3.53. The highest BCUT2D eigenvalue weighted by Crippen LogP contribution is 2.31. The van der Waals surface area contributed by atoms with Gasteiger partial charge in [0.15, 0.2) is 5.96 Å². The van der Waals surface area contributed by atoms with Crippen LogP contribution in [-0.4, -0.2) is 54.0 Å². The normalized spacial score (nSPS) is 18.4. The number of aliphatic hydroxyl groups is 1. The van der Waals surface area contributed by atoms with E-state index in [4.69, 9.17) is 4.74 Å². The van der Waals surface area contributed by atoms with Crippen LogP contribution in [0.1, 0.15) is 24.0 Å². The van der Waals surface area contributed by atoms with Crippen molar-refractivity contribution >= 4 is 5.96 Å². The fourth-order valence-electron chi connectivity index (χ4n) is 4.32. The summed E-state index contributed by atoms with van der Waals surface area (Å²) in [5.74, 6) is 0.754. The predicted molar refractivity (Wildman–Crippen MR) is 131 cm³/mol. The Labute approximate surface area is 195 Å². The molecule has 1 fully saturated rings. The minimum absolute atomic E-state index is 0.0251. The highest BCUT2D eigenvalue weighted by molar-refractivity contribution is 5.80. The Hall–Kier alpha value is -3.16. The van der Waals surface area contributed by atoms with Crippen molar-refractivity contribution in [2.75, 3.05) is 33.4 Å². The number of nitrogens with one attached hydrogen (secondary N) is 2. The van der Waals surface area contributed by atoms with Crippen LogP contribution < -0.4 is 10.6 Å². The first-order valence-corrected chi connectivity index (χ1v) is 11.5. The molecule has 1 aromatic heterocycles. The van der Waals surface area contributed by atoms with E-state index in [0.717, 1.165) is 38.5 Å². The summed E-state index contributed by atoms with van der Waals surface area (Å²) in [6.45, 7) is 3.81. The predicted octanol–water partition coefficient (Wildman–Crippen LogP) is 3.05. The zero-order valence-electron chi connectivity index (χ0n) is 19.2. The van der Waals surface area contributed by atoms with Crippen molar-refractivity contribution in [3.8, 4) is 11.1 Å².